The molecule has 2 nitrogen and oxygen atoms in total. The molecule has 0 spiro atoms. The molecule has 0 aromatic heterocycles. The smallest absolute Gasteiger partial charge is 0.310 e. The summed E-state index contributed by atoms with van der Waals surface area (Å²) in [6, 6.07) is 1.00. The largest absolute Gasteiger partial charge is 0.469 e. The monoisotopic (exact) mass is 282 g/mol. The predicted molar refractivity (Wildman–Crippen MR) is 49.7 cm³/mol. The van der Waals surface area contributed by atoms with Gasteiger partial charge in [-0.2, -0.15) is 0 Å². The van der Waals surface area contributed by atoms with Crippen LogP contribution in [-0.2, 0) is 16.0 Å². The fourth-order valence-corrected chi connectivity index (χ4v) is 1.43. The van der Waals surface area contributed by atoms with Crippen molar-refractivity contribution in [3.05, 3.63) is 33.6 Å². The van der Waals surface area contributed by atoms with Gasteiger partial charge in [0.1, 0.15) is 0 Å². The van der Waals surface area contributed by atoms with Gasteiger partial charge in [0.15, 0.2) is 17.5 Å². The Hall–Kier alpha value is -1.04. The van der Waals surface area contributed by atoms with Gasteiger partial charge in [0.2, 0.25) is 0 Å². The Labute approximate surface area is 92.2 Å². The third-order valence-electron chi connectivity index (χ3n) is 1.74. The van der Waals surface area contributed by atoms with Crippen molar-refractivity contribution in [1.82, 2.24) is 0 Å². The molecule has 0 unspecified atom stereocenters. The van der Waals surface area contributed by atoms with E-state index in [0.717, 1.165) is 13.2 Å². The highest BCUT2D eigenvalue weighted by Gasteiger charge is 2.19. The minimum atomic E-state index is -1.61. The zero-order chi connectivity index (χ0) is 11.6. The Bertz CT molecular complexity index is 407. The van der Waals surface area contributed by atoms with Crippen molar-refractivity contribution in [2.75, 3.05) is 7.11 Å². The number of hydrogen-bond acceptors (Lipinski definition) is 2. The van der Waals surface area contributed by atoms with Crippen LogP contribution in [0.3, 0.4) is 0 Å². The molecule has 6 heteroatoms. The first-order valence-corrected chi connectivity index (χ1v) is 4.65. The van der Waals surface area contributed by atoms with Crippen LogP contribution in [0.25, 0.3) is 0 Å². The lowest BCUT2D eigenvalue weighted by atomic mass is 10.1. The van der Waals surface area contributed by atoms with Crippen LogP contribution in [0.2, 0.25) is 0 Å². The van der Waals surface area contributed by atoms with E-state index in [1.165, 1.54) is 0 Å². The second kappa shape index (κ2) is 4.65. The molecule has 0 aliphatic carbocycles. The van der Waals surface area contributed by atoms with Crippen LogP contribution in [0.5, 0.6) is 0 Å². The summed E-state index contributed by atoms with van der Waals surface area (Å²) in [5, 5.41) is 0. The summed E-state index contributed by atoms with van der Waals surface area (Å²) in [5.74, 6) is -5.03. The molecular weight excluding hydrogens is 277 g/mol. The first-order valence-electron chi connectivity index (χ1n) is 3.86. The molecule has 0 saturated carbocycles. The van der Waals surface area contributed by atoms with E-state index < -0.39 is 29.8 Å². The number of carbonyl (C=O) groups excluding carboxylic acids is 1. The van der Waals surface area contributed by atoms with Crippen molar-refractivity contribution >= 4 is 21.9 Å². The highest BCUT2D eigenvalue weighted by Crippen LogP contribution is 2.24. The van der Waals surface area contributed by atoms with Crippen LogP contribution in [0.15, 0.2) is 10.5 Å². The molecule has 1 rings (SSSR count). The Morgan fingerprint density at radius 2 is 1.93 bits per heavy atom. The van der Waals surface area contributed by atoms with Crippen LogP contribution < -0.4 is 0 Å². The lowest BCUT2D eigenvalue weighted by molar-refractivity contribution is -0.139. The molecular formula is C9H6BrF3O2. The minimum absolute atomic E-state index is 0.236. The van der Waals surface area contributed by atoms with Gasteiger partial charge >= 0.3 is 5.97 Å². The van der Waals surface area contributed by atoms with Gasteiger partial charge in [-0.15, -0.1) is 0 Å². The van der Waals surface area contributed by atoms with Gasteiger partial charge in [-0.1, -0.05) is 0 Å². The Morgan fingerprint density at radius 3 is 2.47 bits per heavy atom. The van der Waals surface area contributed by atoms with Gasteiger partial charge < -0.3 is 4.74 Å². The van der Waals surface area contributed by atoms with E-state index in [0.29, 0.717) is 0 Å². The molecule has 0 N–H and O–H groups in total. The van der Waals surface area contributed by atoms with Crippen molar-refractivity contribution in [2.45, 2.75) is 6.42 Å². The van der Waals surface area contributed by atoms with Gasteiger partial charge in [0.05, 0.1) is 18.0 Å². The van der Waals surface area contributed by atoms with E-state index in [9.17, 15) is 18.0 Å². The minimum Gasteiger partial charge on any atom is -0.469 e. The van der Waals surface area contributed by atoms with E-state index in [2.05, 4.69) is 20.7 Å². The maximum Gasteiger partial charge on any atom is 0.310 e. The van der Waals surface area contributed by atoms with Crippen LogP contribution in [-0.4, -0.2) is 13.1 Å². The topological polar surface area (TPSA) is 26.3 Å². The number of hydrogen-bond donors (Lipinski definition) is 0. The molecule has 0 saturated heterocycles. The van der Waals surface area contributed by atoms with Crippen molar-refractivity contribution < 1.29 is 22.7 Å². The van der Waals surface area contributed by atoms with E-state index in [1.54, 1.807) is 0 Å². The normalized spacial score (nSPS) is 10.2. The fourth-order valence-electron chi connectivity index (χ4n) is 0.978. The van der Waals surface area contributed by atoms with Gasteiger partial charge in [0.25, 0.3) is 0 Å². The van der Waals surface area contributed by atoms with Crippen molar-refractivity contribution in [2.24, 2.45) is 0 Å². The highest BCUT2D eigenvalue weighted by atomic mass is 79.9. The molecule has 82 valence electrons. The zero-order valence-electron chi connectivity index (χ0n) is 7.61. The number of rotatable bonds is 2. The second-order valence-corrected chi connectivity index (χ2v) is 3.57. The summed E-state index contributed by atoms with van der Waals surface area (Å²) < 4.78 is 42.8. The van der Waals surface area contributed by atoms with E-state index in [-0.39, 0.29) is 10.0 Å². The standard InChI is InChI=1S/C9H6BrF3O2/c1-15-6(14)3-4-2-5(10)8(12)9(13)7(4)11/h2H,3H2,1H3. The summed E-state index contributed by atoms with van der Waals surface area (Å²) in [4.78, 5) is 10.8. The van der Waals surface area contributed by atoms with Gasteiger partial charge in [-0.25, -0.2) is 13.2 Å². The number of ether oxygens (including phenoxy) is 1. The SMILES string of the molecule is COC(=O)Cc1cc(Br)c(F)c(F)c1F. The van der Waals surface area contributed by atoms with Crippen LogP contribution >= 0.6 is 15.9 Å². The van der Waals surface area contributed by atoms with Gasteiger partial charge in [0, 0.05) is 5.56 Å². The second-order valence-electron chi connectivity index (χ2n) is 2.71. The number of carbonyl (C=O) groups is 1. The molecule has 0 aliphatic heterocycles. The number of esters is 1. The average Bonchev–Trinajstić information content (AvgIpc) is 2.22. The van der Waals surface area contributed by atoms with Gasteiger partial charge in [-0.05, 0) is 22.0 Å². The molecule has 0 radical (unpaired) electrons. The molecule has 0 bridgehead atoms. The number of benzene rings is 1. The highest BCUT2D eigenvalue weighted by molar-refractivity contribution is 9.10. The fraction of sp³-hybridized carbons (Fsp3) is 0.222. The van der Waals surface area contributed by atoms with Crippen LogP contribution in [0.1, 0.15) is 5.56 Å². The maximum absolute atomic E-state index is 13.1. The average molecular weight is 283 g/mol. The van der Waals surface area contributed by atoms with Crippen molar-refractivity contribution in [3.8, 4) is 0 Å². The quantitative estimate of drug-likeness (QED) is 0.474. The first-order chi connectivity index (χ1) is 6.97. The van der Waals surface area contributed by atoms with Crippen molar-refractivity contribution in [1.29, 1.82) is 0 Å². The molecule has 0 fully saturated rings. The molecule has 0 atom stereocenters. The number of methoxy groups -OCH3 is 1. The summed E-state index contributed by atoms with van der Waals surface area (Å²) in [7, 11) is 1.12. The molecule has 1 aromatic rings. The number of halogens is 4. The van der Waals surface area contributed by atoms with E-state index in [1.807, 2.05) is 0 Å². The lowest BCUT2D eigenvalue weighted by Crippen LogP contribution is -2.08. The van der Waals surface area contributed by atoms with Crippen LogP contribution in [0.4, 0.5) is 13.2 Å². The van der Waals surface area contributed by atoms with E-state index in [4.69, 9.17) is 0 Å². The summed E-state index contributed by atoms with van der Waals surface area (Å²) in [5.41, 5.74) is -0.257. The summed E-state index contributed by atoms with van der Waals surface area (Å²) in [6.07, 6.45) is -0.446. The summed E-state index contributed by atoms with van der Waals surface area (Å²) >= 11 is 2.71. The molecule has 0 amide bonds. The third-order valence-corrected chi connectivity index (χ3v) is 2.32. The van der Waals surface area contributed by atoms with E-state index >= 15 is 0 Å². The predicted octanol–water partition coefficient (Wildman–Crippen LogP) is 2.58. The molecule has 1 aromatic carbocycles. The first kappa shape index (κ1) is 12.0. The lowest BCUT2D eigenvalue weighted by Gasteiger charge is -2.05. The molecule has 0 aliphatic rings. The Kier molecular flexibility index (Phi) is 3.73. The van der Waals surface area contributed by atoms with Crippen LogP contribution in [0, 0.1) is 17.5 Å². The summed E-state index contributed by atoms with van der Waals surface area (Å²) in [6.45, 7) is 0. The third kappa shape index (κ3) is 2.50. The van der Waals surface area contributed by atoms with Gasteiger partial charge in [-0.3, -0.25) is 4.79 Å². The molecule has 0 heterocycles. The van der Waals surface area contributed by atoms with Crippen molar-refractivity contribution in [3.63, 3.8) is 0 Å². The Morgan fingerprint density at radius 1 is 1.33 bits per heavy atom. The molecule has 15 heavy (non-hydrogen) atoms. The Balaban J connectivity index is 3.15. The maximum atomic E-state index is 13.1. The zero-order valence-corrected chi connectivity index (χ0v) is 9.20.